The number of methoxy groups -OCH3 is 1. The Labute approximate surface area is 155 Å². The van der Waals surface area contributed by atoms with Crippen LogP contribution in [0.15, 0.2) is 41.9 Å². The molecule has 0 aromatic heterocycles. The maximum absolute atomic E-state index is 11.7. The Morgan fingerprint density at radius 3 is 2.77 bits per heavy atom. The van der Waals surface area contributed by atoms with E-state index in [0.29, 0.717) is 13.2 Å². The standard InChI is InChI=1S/C20H29N3O3/c1-4-14-26-18-9-7-6-8-17(18)15-22-20(21-5-2)23-12-10-16(11-13-23)19(24)25-3/h4,6-9,16H,1,5,10-15H2,2-3H3,(H,21,22). The van der Waals surface area contributed by atoms with Gasteiger partial charge in [-0.2, -0.15) is 0 Å². The summed E-state index contributed by atoms with van der Waals surface area (Å²) in [6.07, 6.45) is 3.31. The molecule has 0 unspecified atom stereocenters. The molecule has 1 aliphatic heterocycles. The van der Waals surface area contributed by atoms with Crippen LogP contribution in [0.2, 0.25) is 0 Å². The lowest BCUT2D eigenvalue weighted by atomic mass is 9.97. The summed E-state index contributed by atoms with van der Waals surface area (Å²) >= 11 is 0. The lowest BCUT2D eigenvalue weighted by Gasteiger charge is -2.33. The molecule has 1 fully saturated rings. The van der Waals surface area contributed by atoms with Gasteiger partial charge in [0.2, 0.25) is 0 Å². The van der Waals surface area contributed by atoms with Crippen molar-refractivity contribution in [1.29, 1.82) is 0 Å². The van der Waals surface area contributed by atoms with Crippen LogP contribution in [0.5, 0.6) is 5.75 Å². The summed E-state index contributed by atoms with van der Waals surface area (Å²) in [5.74, 6) is 1.58. The first-order valence-corrected chi connectivity index (χ1v) is 9.12. The molecule has 0 amide bonds. The SMILES string of the molecule is C=CCOc1ccccc1CN=C(NCC)N1CCC(C(=O)OC)CC1. The monoisotopic (exact) mass is 359 g/mol. The predicted molar refractivity (Wildman–Crippen MR) is 103 cm³/mol. The molecule has 1 N–H and O–H groups in total. The van der Waals surface area contributed by atoms with Crippen LogP contribution in [0.1, 0.15) is 25.3 Å². The van der Waals surface area contributed by atoms with Gasteiger partial charge in [0, 0.05) is 25.2 Å². The minimum absolute atomic E-state index is 0.00726. The van der Waals surface area contributed by atoms with E-state index < -0.39 is 0 Å². The predicted octanol–water partition coefficient (Wildman–Crippen LogP) is 2.60. The molecule has 2 rings (SSSR count). The number of nitrogens with one attached hydrogen (secondary N) is 1. The Hall–Kier alpha value is -2.50. The van der Waals surface area contributed by atoms with E-state index in [9.17, 15) is 4.79 Å². The summed E-state index contributed by atoms with van der Waals surface area (Å²) in [4.78, 5) is 18.7. The number of ether oxygens (including phenoxy) is 2. The number of benzene rings is 1. The number of hydrogen-bond donors (Lipinski definition) is 1. The highest BCUT2D eigenvalue weighted by atomic mass is 16.5. The van der Waals surface area contributed by atoms with Gasteiger partial charge < -0.3 is 19.7 Å². The number of rotatable bonds is 7. The molecule has 0 atom stereocenters. The molecule has 142 valence electrons. The minimum Gasteiger partial charge on any atom is -0.489 e. The Bertz CT molecular complexity index is 622. The Balaban J connectivity index is 2.03. The van der Waals surface area contributed by atoms with Crippen LogP contribution in [0.25, 0.3) is 0 Å². The van der Waals surface area contributed by atoms with Gasteiger partial charge in [-0.1, -0.05) is 30.9 Å². The smallest absolute Gasteiger partial charge is 0.308 e. The van der Waals surface area contributed by atoms with E-state index in [4.69, 9.17) is 14.5 Å². The van der Waals surface area contributed by atoms with Crippen LogP contribution in [0.4, 0.5) is 0 Å². The van der Waals surface area contributed by atoms with Crippen LogP contribution in [0.3, 0.4) is 0 Å². The first-order chi connectivity index (χ1) is 12.7. The van der Waals surface area contributed by atoms with Crippen LogP contribution < -0.4 is 10.1 Å². The molecule has 1 aromatic rings. The van der Waals surface area contributed by atoms with Gasteiger partial charge in [0.1, 0.15) is 12.4 Å². The molecule has 1 heterocycles. The highest BCUT2D eigenvalue weighted by Crippen LogP contribution is 2.21. The lowest BCUT2D eigenvalue weighted by molar-refractivity contribution is -0.146. The topological polar surface area (TPSA) is 63.2 Å². The van der Waals surface area contributed by atoms with Gasteiger partial charge in [0.15, 0.2) is 5.96 Å². The number of esters is 1. The van der Waals surface area contributed by atoms with Crippen LogP contribution in [-0.4, -0.2) is 50.2 Å². The first kappa shape index (κ1) is 19.8. The number of para-hydroxylation sites is 1. The first-order valence-electron chi connectivity index (χ1n) is 9.12. The van der Waals surface area contributed by atoms with Crippen molar-refractivity contribution < 1.29 is 14.3 Å². The molecule has 1 saturated heterocycles. The van der Waals surface area contributed by atoms with Crippen molar-refractivity contribution in [2.75, 3.05) is 33.4 Å². The molecule has 26 heavy (non-hydrogen) atoms. The summed E-state index contributed by atoms with van der Waals surface area (Å²) in [5.41, 5.74) is 1.04. The summed E-state index contributed by atoms with van der Waals surface area (Å²) in [6, 6.07) is 7.91. The Morgan fingerprint density at radius 1 is 1.38 bits per heavy atom. The van der Waals surface area contributed by atoms with Gasteiger partial charge in [-0.05, 0) is 25.8 Å². The maximum Gasteiger partial charge on any atom is 0.308 e. The summed E-state index contributed by atoms with van der Waals surface area (Å²) in [7, 11) is 1.45. The second kappa shape index (κ2) is 10.5. The number of guanidine groups is 1. The molecule has 6 heteroatoms. The summed E-state index contributed by atoms with van der Waals surface area (Å²) in [5, 5.41) is 3.35. The van der Waals surface area contributed by atoms with Crippen molar-refractivity contribution in [3.63, 3.8) is 0 Å². The molecule has 0 spiro atoms. The van der Waals surface area contributed by atoms with E-state index >= 15 is 0 Å². The van der Waals surface area contributed by atoms with Crippen molar-refractivity contribution in [2.24, 2.45) is 10.9 Å². The van der Waals surface area contributed by atoms with E-state index in [1.165, 1.54) is 7.11 Å². The number of carbonyl (C=O) groups is 1. The van der Waals surface area contributed by atoms with E-state index in [2.05, 4.69) is 23.7 Å². The fraction of sp³-hybridized carbons (Fsp3) is 0.500. The van der Waals surface area contributed by atoms with Crippen LogP contribution in [-0.2, 0) is 16.1 Å². The van der Waals surface area contributed by atoms with Gasteiger partial charge in [-0.15, -0.1) is 0 Å². The van der Waals surface area contributed by atoms with Gasteiger partial charge in [0.25, 0.3) is 0 Å². The fourth-order valence-corrected chi connectivity index (χ4v) is 3.00. The molecule has 6 nitrogen and oxygen atoms in total. The summed E-state index contributed by atoms with van der Waals surface area (Å²) < 4.78 is 10.6. The van der Waals surface area contributed by atoms with Crippen molar-refractivity contribution >= 4 is 11.9 Å². The highest BCUT2D eigenvalue weighted by Gasteiger charge is 2.26. The van der Waals surface area contributed by atoms with E-state index in [-0.39, 0.29) is 11.9 Å². The quantitative estimate of drug-likeness (QED) is 0.351. The molecule has 0 saturated carbocycles. The minimum atomic E-state index is -0.111. The van der Waals surface area contributed by atoms with Gasteiger partial charge in [0.05, 0.1) is 19.6 Å². The van der Waals surface area contributed by atoms with E-state index in [1.54, 1.807) is 6.08 Å². The van der Waals surface area contributed by atoms with E-state index in [1.807, 2.05) is 24.3 Å². The number of hydrogen-bond acceptors (Lipinski definition) is 4. The molecule has 0 aliphatic carbocycles. The van der Waals surface area contributed by atoms with Gasteiger partial charge in [-0.3, -0.25) is 4.79 Å². The number of piperidine rings is 1. The lowest BCUT2D eigenvalue weighted by Crippen LogP contribution is -2.46. The zero-order valence-corrected chi connectivity index (χ0v) is 15.7. The molecule has 1 aliphatic rings. The normalized spacial score (nSPS) is 15.5. The van der Waals surface area contributed by atoms with Crippen molar-refractivity contribution in [3.8, 4) is 5.75 Å². The van der Waals surface area contributed by atoms with Crippen LogP contribution >= 0.6 is 0 Å². The average Bonchev–Trinajstić information content (AvgIpc) is 2.69. The van der Waals surface area contributed by atoms with Crippen molar-refractivity contribution in [3.05, 3.63) is 42.5 Å². The maximum atomic E-state index is 11.7. The average molecular weight is 359 g/mol. The molecule has 1 aromatic carbocycles. The Morgan fingerprint density at radius 2 is 2.12 bits per heavy atom. The largest absolute Gasteiger partial charge is 0.489 e. The number of aliphatic imine (C=N–C) groups is 1. The zero-order chi connectivity index (χ0) is 18.8. The third kappa shape index (κ3) is 5.51. The second-order valence-corrected chi connectivity index (χ2v) is 6.16. The van der Waals surface area contributed by atoms with Crippen molar-refractivity contribution in [1.82, 2.24) is 10.2 Å². The van der Waals surface area contributed by atoms with Gasteiger partial charge >= 0.3 is 5.97 Å². The molecule has 0 bridgehead atoms. The third-order valence-electron chi connectivity index (χ3n) is 4.39. The fourth-order valence-electron chi connectivity index (χ4n) is 3.00. The van der Waals surface area contributed by atoms with Gasteiger partial charge in [-0.25, -0.2) is 4.99 Å². The van der Waals surface area contributed by atoms with Crippen molar-refractivity contribution in [2.45, 2.75) is 26.3 Å². The van der Waals surface area contributed by atoms with E-state index in [0.717, 1.165) is 49.7 Å². The molecular formula is C20H29N3O3. The highest BCUT2D eigenvalue weighted by molar-refractivity contribution is 5.80. The molecular weight excluding hydrogens is 330 g/mol. The molecule has 0 radical (unpaired) electrons. The van der Waals surface area contributed by atoms with Crippen LogP contribution in [0, 0.1) is 5.92 Å². The number of likely N-dealkylation sites (tertiary alicyclic amines) is 1. The Kier molecular flexibility index (Phi) is 7.99. The number of carbonyl (C=O) groups excluding carboxylic acids is 1. The summed E-state index contributed by atoms with van der Waals surface area (Å²) in [6.45, 7) is 9.13. The number of nitrogens with zero attached hydrogens (tertiary/aromatic N) is 2. The third-order valence-corrected chi connectivity index (χ3v) is 4.39. The zero-order valence-electron chi connectivity index (χ0n) is 15.7. The second-order valence-electron chi connectivity index (χ2n) is 6.16.